The number of halogens is 1. The van der Waals surface area contributed by atoms with Crippen LogP contribution in [0, 0.1) is 0 Å². The Bertz CT molecular complexity index is 833. The topological polar surface area (TPSA) is 102 Å². The molecule has 0 aliphatic carbocycles. The van der Waals surface area contributed by atoms with Crippen molar-refractivity contribution in [2.45, 2.75) is 31.1 Å². The highest BCUT2D eigenvalue weighted by atomic mass is 35.5. The fourth-order valence-corrected chi connectivity index (χ4v) is 3.47. The van der Waals surface area contributed by atoms with Crippen molar-refractivity contribution in [2.75, 3.05) is 12.0 Å². The number of carbonyl (C=O) groups excluding carboxylic acids is 2. The number of likely N-dealkylation sites (tertiary alicyclic amines) is 1. The van der Waals surface area contributed by atoms with Gasteiger partial charge in [-0.05, 0) is 42.7 Å². The lowest BCUT2D eigenvalue weighted by molar-refractivity contribution is -0.153. The van der Waals surface area contributed by atoms with Gasteiger partial charge in [0, 0.05) is 11.6 Å². The van der Waals surface area contributed by atoms with Crippen LogP contribution in [0.4, 0.5) is 5.69 Å². The van der Waals surface area contributed by atoms with Gasteiger partial charge in [0.1, 0.15) is 0 Å². The van der Waals surface area contributed by atoms with Crippen LogP contribution in [0.2, 0.25) is 5.02 Å². The Morgan fingerprint density at radius 2 is 1.82 bits per heavy atom. The summed E-state index contributed by atoms with van der Waals surface area (Å²) in [5, 5.41) is 21.0. The standard InChI is InChI=1S/C20H22ClN3O4/c21-14-7-4-6-13(12-14)16-10-5-11-24(16)20(28)18(26)17(25)19(27)23-22-15-8-2-1-3-9-15/h1-4,6-9,12,16-18,22,25-26H,5,10-11H2,(H,23,27)/t16-,17-,18-/m1/s1. The van der Waals surface area contributed by atoms with Gasteiger partial charge in [-0.1, -0.05) is 41.9 Å². The molecule has 1 fully saturated rings. The Morgan fingerprint density at radius 3 is 2.54 bits per heavy atom. The van der Waals surface area contributed by atoms with Gasteiger partial charge in [-0.3, -0.25) is 20.4 Å². The predicted octanol–water partition coefficient (Wildman–Crippen LogP) is 1.87. The number of anilines is 1. The SMILES string of the molecule is O=C(NNc1ccccc1)[C@H](O)[C@@H](O)C(=O)N1CCC[C@@H]1c1cccc(Cl)c1. The maximum absolute atomic E-state index is 12.7. The zero-order valence-electron chi connectivity index (χ0n) is 15.1. The summed E-state index contributed by atoms with van der Waals surface area (Å²) >= 11 is 6.04. The molecule has 1 aliphatic heterocycles. The average Bonchev–Trinajstić information content (AvgIpc) is 3.21. The lowest BCUT2D eigenvalue weighted by Crippen LogP contribution is -2.51. The molecule has 8 heteroatoms. The molecule has 0 aromatic heterocycles. The Morgan fingerprint density at radius 1 is 1.07 bits per heavy atom. The molecule has 2 aromatic carbocycles. The van der Waals surface area contributed by atoms with Crippen LogP contribution in [0.3, 0.4) is 0 Å². The molecule has 1 heterocycles. The molecule has 0 unspecified atom stereocenters. The number of carbonyl (C=O) groups is 2. The van der Waals surface area contributed by atoms with Crippen LogP contribution in [0.25, 0.3) is 0 Å². The summed E-state index contributed by atoms with van der Waals surface area (Å²) < 4.78 is 0. The summed E-state index contributed by atoms with van der Waals surface area (Å²) in [6.07, 6.45) is -2.29. The molecule has 2 amide bonds. The highest BCUT2D eigenvalue weighted by Gasteiger charge is 2.38. The second kappa shape index (κ2) is 9.05. The molecule has 0 spiro atoms. The number of rotatable bonds is 6. The van der Waals surface area contributed by atoms with E-state index < -0.39 is 24.0 Å². The molecular weight excluding hydrogens is 382 g/mol. The van der Waals surface area contributed by atoms with E-state index in [0.29, 0.717) is 17.3 Å². The van der Waals surface area contributed by atoms with E-state index in [-0.39, 0.29) is 6.04 Å². The van der Waals surface area contributed by atoms with Crippen molar-refractivity contribution < 1.29 is 19.8 Å². The van der Waals surface area contributed by atoms with Crippen molar-refractivity contribution >= 4 is 29.1 Å². The normalized spacial score (nSPS) is 18.4. The third-order valence-electron chi connectivity index (χ3n) is 4.69. The van der Waals surface area contributed by atoms with E-state index in [9.17, 15) is 19.8 Å². The third-order valence-corrected chi connectivity index (χ3v) is 4.93. The van der Waals surface area contributed by atoms with Crippen LogP contribution in [-0.2, 0) is 9.59 Å². The van der Waals surface area contributed by atoms with Crippen molar-refractivity contribution in [1.82, 2.24) is 10.3 Å². The second-order valence-electron chi connectivity index (χ2n) is 6.61. The molecule has 3 atom stereocenters. The Labute approximate surface area is 167 Å². The summed E-state index contributed by atoms with van der Waals surface area (Å²) in [5.74, 6) is -1.59. The van der Waals surface area contributed by atoms with Gasteiger partial charge < -0.3 is 15.1 Å². The minimum Gasteiger partial charge on any atom is -0.380 e. The summed E-state index contributed by atoms with van der Waals surface area (Å²) in [6.45, 7) is 0.434. The number of para-hydroxylation sites is 1. The Hall–Kier alpha value is -2.61. The number of nitrogens with one attached hydrogen (secondary N) is 2. The van der Waals surface area contributed by atoms with E-state index in [1.807, 2.05) is 12.1 Å². The van der Waals surface area contributed by atoms with Crippen molar-refractivity contribution in [2.24, 2.45) is 0 Å². The van der Waals surface area contributed by atoms with Gasteiger partial charge in [0.25, 0.3) is 11.8 Å². The highest BCUT2D eigenvalue weighted by Crippen LogP contribution is 2.33. The van der Waals surface area contributed by atoms with Crippen LogP contribution in [0.1, 0.15) is 24.4 Å². The lowest BCUT2D eigenvalue weighted by Gasteiger charge is -2.28. The number of hydrogen-bond donors (Lipinski definition) is 4. The first kappa shape index (κ1) is 20.1. The van der Waals surface area contributed by atoms with Crippen LogP contribution in [0.5, 0.6) is 0 Å². The number of nitrogens with zero attached hydrogens (tertiary/aromatic N) is 1. The molecule has 0 bridgehead atoms. The number of aliphatic hydroxyl groups excluding tert-OH is 2. The molecule has 4 N–H and O–H groups in total. The van der Waals surface area contributed by atoms with E-state index in [1.165, 1.54) is 4.90 Å². The first-order valence-corrected chi connectivity index (χ1v) is 9.38. The third kappa shape index (κ3) is 4.62. The van der Waals surface area contributed by atoms with Gasteiger partial charge >= 0.3 is 0 Å². The van der Waals surface area contributed by atoms with E-state index in [0.717, 1.165) is 18.4 Å². The first-order chi connectivity index (χ1) is 13.5. The average molecular weight is 404 g/mol. The number of hydrogen-bond acceptors (Lipinski definition) is 5. The monoisotopic (exact) mass is 403 g/mol. The van der Waals surface area contributed by atoms with Crippen molar-refractivity contribution in [3.05, 3.63) is 65.2 Å². The zero-order chi connectivity index (χ0) is 20.1. The quantitative estimate of drug-likeness (QED) is 0.551. The van der Waals surface area contributed by atoms with Crippen LogP contribution < -0.4 is 10.9 Å². The largest absolute Gasteiger partial charge is 0.380 e. The first-order valence-electron chi connectivity index (χ1n) is 9.00. The number of amides is 2. The summed E-state index contributed by atoms with van der Waals surface area (Å²) in [6, 6.07) is 15.7. The van der Waals surface area contributed by atoms with Crippen molar-refractivity contribution in [1.29, 1.82) is 0 Å². The molecule has 0 saturated carbocycles. The maximum atomic E-state index is 12.7. The van der Waals surface area contributed by atoms with E-state index in [4.69, 9.17) is 11.6 Å². The van der Waals surface area contributed by atoms with Gasteiger partial charge in [-0.25, -0.2) is 0 Å². The Balaban J connectivity index is 1.62. The Kier molecular flexibility index (Phi) is 6.51. The second-order valence-corrected chi connectivity index (χ2v) is 7.05. The highest BCUT2D eigenvalue weighted by molar-refractivity contribution is 6.30. The lowest BCUT2D eigenvalue weighted by atomic mass is 10.0. The van der Waals surface area contributed by atoms with Gasteiger partial charge in [-0.2, -0.15) is 0 Å². The molecule has 0 radical (unpaired) electrons. The number of aliphatic hydroxyl groups is 2. The van der Waals surface area contributed by atoms with Gasteiger partial charge in [0.15, 0.2) is 12.2 Å². The summed E-state index contributed by atoms with van der Waals surface area (Å²) in [4.78, 5) is 26.3. The molecule has 7 nitrogen and oxygen atoms in total. The maximum Gasteiger partial charge on any atom is 0.270 e. The molecule has 1 saturated heterocycles. The summed E-state index contributed by atoms with van der Waals surface area (Å²) in [7, 11) is 0. The number of hydrazine groups is 1. The van der Waals surface area contributed by atoms with E-state index >= 15 is 0 Å². The molecule has 1 aliphatic rings. The van der Waals surface area contributed by atoms with Crippen LogP contribution in [-0.4, -0.2) is 45.7 Å². The fraction of sp³-hybridized carbons (Fsp3) is 0.300. The molecule has 148 valence electrons. The van der Waals surface area contributed by atoms with Crippen molar-refractivity contribution in [3.8, 4) is 0 Å². The fourth-order valence-electron chi connectivity index (χ4n) is 3.27. The predicted molar refractivity (Wildman–Crippen MR) is 105 cm³/mol. The molecule has 28 heavy (non-hydrogen) atoms. The minimum atomic E-state index is -1.90. The van der Waals surface area contributed by atoms with Gasteiger partial charge in [0.05, 0.1) is 11.7 Å². The molecule has 2 aromatic rings. The minimum absolute atomic E-state index is 0.251. The van der Waals surface area contributed by atoms with E-state index in [1.54, 1.807) is 42.5 Å². The number of benzene rings is 2. The van der Waals surface area contributed by atoms with Crippen molar-refractivity contribution in [3.63, 3.8) is 0 Å². The van der Waals surface area contributed by atoms with Crippen LogP contribution in [0.15, 0.2) is 54.6 Å². The van der Waals surface area contributed by atoms with Crippen LogP contribution >= 0.6 is 11.6 Å². The molecule has 3 rings (SSSR count). The summed E-state index contributed by atoms with van der Waals surface area (Å²) in [5.41, 5.74) is 6.37. The smallest absolute Gasteiger partial charge is 0.270 e. The van der Waals surface area contributed by atoms with E-state index in [2.05, 4.69) is 10.9 Å². The zero-order valence-corrected chi connectivity index (χ0v) is 15.8. The van der Waals surface area contributed by atoms with Gasteiger partial charge in [0.2, 0.25) is 0 Å². The molecular formula is C20H22ClN3O4. The van der Waals surface area contributed by atoms with Gasteiger partial charge in [-0.15, -0.1) is 0 Å².